The highest BCUT2D eigenvalue weighted by Gasteiger charge is 2.21. The van der Waals surface area contributed by atoms with Crippen molar-refractivity contribution in [2.24, 2.45) is 0 Å². The van der Waals surface area contributed by atoms with E-state index in [9.17, 15) is 4.79 Å². The molecule has 2 heteroatoms. The van der Waals surface area contributed by atoms with E-state index in [0.29, 0.717) is 0 Å². The summed E-state index contributed by atoms with van der Waals surface area (Å²) in [6, 6.07) is 7.99. The monoisotopic (exact) mass is 316 g/mol. The molecule has 0 amide bonds. The van der Waals surface area contributed by atoms with Gasteiger partial charge in [0.05, 0.1) is 0 Å². The summed E-state index contributed by atoms with van der Waals surface area (Å²) in [5.41, 5.74) is 3.97. The summed E-state index contributed by atoms with van der Waals surface area (Å²) in [6.07, 6.45) is 6.41. The predicted molar refractivity (Wildman–Crippen MR) is 83.9 cm³/mol. The fourth-order valence-corrected chi connectivity index (χ4v) is 2.82. The molecule has 0 heterocycles. The molecular formula is C17H17BrO. The maximum atomic E-state index is 12.4. The predicted octanol–water partition coefficient (Wildman–Crippen LogP) is 5.09. The van der Waals surface area contributed by atoms with Gasteiger partial charge in [-0.15, -0.1) is 0 Å². The summed E-state index contributed by atoms with van der Waals surface area (Å²) >= 11 is 3.45. The first-order valence-corrected chi connectivity index (χ1v) is 7.30. The molecule has 1 nitrogen and oxygen atoms in total. The van der Waals surface area contributed by atoms with E-state index in [4.69, 9.17) is 0 Å². The van der Waals surface area contributed by atoms with Crippen molar-refractivity contribution < 1.29 is 4.79 Å². The van der Waals surface area contributed by atoms with E-state index in [1.165, 1.54) is 5.57 Å². The summed E-state index contributed by atoms with van der Waals surface area (Å²) in [5, 5.41) is 0. The zero-order chi connectivity index (χ0) is 13.8. The second kappa shape index (κ2) is 6.16. The van der Waals surface area contributed by atoms with Crippen LogP contribution in [0.4, 0.5) is 0 Å². The van der Waals surface area contributed by atoms with E-state index in [0.717, 1.165) is 40.4 Å². The first-order valence-electron chi connectivity index (χ1n) is 6.51. The van der Waals surface area contributed by atoms with E-state index in [1.807, 2.05) is 30.3 Å². The molecule has 0 saturated carbocycles. The van der Waals surface area contributed by atoms with Crippen LogP contribution in [0.2, 0.25) is 0 Å². The maximum absolute atomic E-state index is 12.4. The molecule has 1 aromatic rings. The third-order valence-electron chi connectivity index (χ3n) is 3.43. The number of halogens is 1. The number of benzene rings is 1. The quantitative estimate of drug-likeness (QED) is 0.710. The Labute approximate surface area is 122 Å². The lowest BCUT2D eigenvalue weighted by atomic mass is 9.85. The molecule has 0 saturated heterocycles. The Morgan fingerprint density at radius 1 is 1.37 bits per heavy atom. The molecule has 0 aromatic heterocycles. The van der Waals surface area contributed by atoms with Gasteiger partial charge in [-0.25, -0.2) is 0 Å². The van der Waals surface area contributed by atoms with Gasteiger partial charge in [0.15, 0.2) is 5.78 Å². The molecule has 0 aliphatic heterocycles. The number of rotatable bonds is 3. The third-order valence-corrected chi connectivity index (χ3v) is 3.93. The number of hydrogen-bond acceptors (Lipinski definition) is 1. The molecular weight excluding hydrogens is 300 g/mol. The molecule has 19 heavy (non-hydrogen) atoms. The number of allylic oxidation sites excluding steroid dienone is 4. The minimum absolute atomic E-state index is 0.137. The van der Waals surface area contributed by atoms with Crippen LogP contribution in [0.3, 0.4) is 0 Å². The number of Topliss-reactive ketones (excluding diaryl/α,β-unsaturated/α-hetero) is 1. The minimum atomic E-state index is 0.137. The van der Waals surface area contributed by atoms with Gasteiger partial charge >= 0.3 is 0 Å². The van der Waals surface area contributed by atoms with Gasteiger partial charge in [0, 0.05) is 15.6 Å². The lowest BCUT2D eigenvalue weighted by Crippen LogP contribution is -2.13. The minimum Gasteiger partial charge on any atom is -0.289 e. The molecule has 0 spiro atoms. The zero-order valence-electron chi connectivity index (χ0n) is 11.1. The Bertz CT molecular complexity index is 579. The topological polar surface area (TPSA) is 17.1 Å². The summed E-state index contributed by atoms with van der Waals surface area (Å²) in [5.74, 6) is 0.137. The molecule has 0 atom stereocenters. The van der Waals surface area contributed by atoms with Crippen LogP contribution in [0.5, 0.6) is 0 Å². The Hall–Kier alpha value is -1.41. The Morgan fingerprint density at radius 2 is 2.16 bits per heavy atom. The van der Waals surface area contributed by atoms with Gasteiger partial charge in [0.25, 0.3) is 0 Å². The number of hydrogen-bond donors (Lipinski definition) is 0. The van der Waals surface area contributed by atoms with Gasteiger partial charge in [-0.2, -0.15) is 0 Å². The standard InChI is InChI=1S/C17H17BrO/c1-3-13-8-9-14(17(19)16(13)4-2)10-12-6-5-7-15(18)11-12/h4-7,10-11H,2-3,8-9H2,1H3/b14-10+. The van der Waals surface area contributed by atoms with E-state index >= 15 is 0 Å². The largest absolute Gasteiger partial charge is 0.289 e. The second-order valence-electron chi connectivity index (χ2n) is 4.63. The van der Waals surface area contributed by atoms with Crippen LogP contribution in [-0.4, -0.2) is 5.78 Å². The van der Waals surface area contributed by atoms with Crippen LogP contribution in [-0.2, 0) is 4.79 Å². The fourth-order valence-electron chi connectivity index (χ4n) is 2.41. The van der Waals surface area contributed by atoms with Crippen LogP contribution < -0.4 is 0 Å². The van der Waals surface area contributed by atoms with Crippen molar-refractivity contribution in [2.75, 3.05) is 0 Å². The molecule has 0 bridgehead atoms. The van der Waals surface area contributed by atoms with Gasteiger partial charge in [0.2, 0.25) is 0 Å². The van der Waals surface area contributed by atoms with Crippen LogP contribution in [0.25, 0.3) is 6.08 Å². The normalized spacial score (nSPS) is 18.0. The maximum Gasteiger partial charge on any atom is 0.188 e. The molecule has 1 aliphatic rings. The second-order valence-corrected chi connectivity index (χ2v) is 5.54. The molecule has 0 N–H and O–H groups in total. The lowest BCUT2D eigenvalue weighted by Gasteiger charge is -2.18. The molecule has 1 aromatic carbocycles. The van der Waals surface area contributed by atoms with E-state index < -0.39 is 0 Å². The van der Waals surface area contributed by atoms with Crippen molar-refractivity contribution in [2.45, 2.75) is 26.2 Å². The van der Waals surface area contributed by atoms with Crippen molar-refractivity contribution in [1.29, 1.82) is 0 Å². The van der Waals surface area contributed by atoms with Crippen LogP contribution in [0.15, 0.2) is 58.1 Å². The Morgan fingerprint density at radius 3 is 2.79 bits per heavy atom. The summed E-state index contributed by atoms with van der Waals surface area (Å²) in [7, 11) is 0. The molecule has 98 valence electrons. The molecule has 0 unspecified atom stereocenters. The van der Waals surface area contributed by atoms with Gasteiger partial charge in [0.1, 0.15) is 0 Å². The van der Waals surface area contributed by atoms with Crippen molar-refractivity contribution in [3.8, 4) is 0 Å². The summed E-state index contributed by atoms with van der Waals surface area (Å²) < 4.78 is 1.03. The van der Waals surface area contributed by atoms with E-state index in [1.54, 1.807) is 6.08 Å². The smallest absolute Gasteiger partial charge is 0.188 e. The first kappa shape index (κ1) is 14.0. The lowest BCUT2D eigenvalue weighted by molar-refractivity contribution is -0.112. The number of carbonyl (C=O) groups excluding carboxylic acids is 1. The number of carbonyl (C=O) groups is 1. The molecule has 1 aliphatic carbocycles. The van der Waals surface area contributed by atoms with E-state index in [-0.39, 0.29) is 5.78 Å². The van der Waals surface area contributed by atoms with Crippen LogP contribution >= 0.6 is 15.9 Å². The summed E-state index contributed by atoms with van der Waals surface area (Å²) in [4.78, 5) is 12.4. The highest BCUT2D eigenvalue weighted by atomic mass is 79.9. The van der Waals surface area contributed by atoms with E-state index in [2.05, 4.69) is 29.4 Å². The first-order chi connectivity index (χ1) is 9.15. The Kier molecular flexibility index (Phi) is 4.54. The zero-order valence-corrected chi connectivity index (χ0v) is 12.7. The third kappa shape index (κ3) is 3.13. The summed E-state index contributed by atoms with van der Waals surface area (Å²) in [6.45, 7) is 5.87. The Balaban J connectivity index is 2.36. The van der Waals surface area contributed by atoms with Gasteiger partial charge < -0.3 is 0 Å². The van der Waals surface area contributed by atoms with Crippen molar-refractivity contribution in [3.63, 3.8) is 0 Å². The average molecular weight is 317 g/mol. The van der Waals surface area contributed by atoms with Gasteiger partial charge in [-0.3, -0.25) is 4.79 Å². The molecule has 2 rings (SSSR count). The average Bonchev–Trinajstić information content (AvgIpc) is 2.41. The number of ketones is 1. The van der Waals surface area contributed by atoms with Gasteiger partial charge in [-0.1, -0.05) is 53.2 Å². The van der Waals surface area contributed by atoms with Crippen LogP contribution in [0.1, 0.15) is 31.7 Å². The fraction of sp³-hybridized carbons (Fsp3) is 0.235. The molecule has 0 radical (unpaired) electrons. The SMILES string of the molecule is C=CC1=C(CC)CC/C(=C\c2cccc(Br)c2)C1=O. The highest BCUT2D eigenvalue weighted by Crippen LogP contribution is 2.30. The van der Waals surface area contributed by atoms with Crippen molar-refractivity contribution in [3.05, 3.63) is 63.7 Å². The van der Waals surface area contributed by atoms with Crippen molar-refractivity contribution >= 4 is 27.8 Å². The van der Waals surface area contributed by atoms with Gasteiger partial charge in [-0.05, 0) is 43.0 Å². The van der Waals surface area contributed by atoms with Crippen LogP contribution in [0, 0.1) is 0 Å². The highest BCUT2D eigenvalue weighted by molar-refractivity contribution is 9.10. The molecule has 0 fully saturated rings. The van der Waals surface area contributed by atoms with Crippen molar-refractivity contribution in [1.82, 2.24) is 0 Å².